The highest BCUT2D eigenvalue weighted by Gasteiger charge is 2.35. The number of nitrogens with zero attached hydrogens (tertiary/aromatic N) is 2. The number of ketones is 1. The standard InChI is InChI=1S/C28H24FN3O4/c1-2-35-28(34)16-6-5-13-32(15-16)22-14-21(30-18-11-9-17(29)10-12-18)23-24-25(22)31-36-27(24)20-8-4-3-7-19(20)26(23)33/h3-4,7-12,14,16,30H,2,5-6,13,15H2,1H3/t16-/m0/s1. The van der Waals surface area contributed by atoms with Gasteiger partial charge in [-0.3, -0.25) is 9.59 Å². The first-order valence-electron chi connectivity index (χ1n) is 12.1. The van der Waals surface area contributed by atoms with Gasteiger partial charge in [-0.1, -0.05) is 29.4 Å². The van der Waals surface area contributed by atoms with Crippen molar-refractivity contribution in [1.82, 2.24) is 5.16 Å². The molecule has 0 saturated carbocycles. The van der Waals surface area contributed by atoms with E-state index < -0.39 is 0 Å². The number of rotatable bonds is 5. The van der Waals surface area contributed by atoms with Gasteiger partial charge in [0.1, 0.15) is 11.3 Å². The predicted octanol–water partition coefficient (Wildman–Crippen LogP) is 5.70. The highest BCUT2D eigenvalue weighted by atomic mass is 19.1. The molecule has 0 bridgehead atoms. The van der Waals surface area contributed by atoms with Gasteiger partial charge in [-0.15, -0.1) is 0 Å². The van der Waals surface area contributed by atoms with Crippen molar-refractivity contribution in [3.05, 3.63) is 71.5 Å². The summed E-state index contributed by atoms with van der Waals surface area (Å²) < 4.78 is 24.7. The Labute approximate surface area is 206 Å². The van der Waals surface area contributed by atoms with Crippen molar-refractivity contribution in [2.75, 3.05) is 29.9 Å². The van der Waals surface area contributed by atoms with Crippen LogP contribution in [-0.2, 0) is 9.53 Å². The molecule has 0 radical (unpaired) electrons. The zero-order chi connectivity index (χ0) is 24.8. The van der Waals surface area contributed by atoms with Gasteiger partial charge in [0, 0.05) is 29.9 Å². The number of anilines is 3. The van der Waals surface area contributed by atoms with Gasteiger partial charge in [-0.2, -0.15) is 0 Å². The van der Waals surface area contributed by atoms with E-state index in [1.54, 1.807) is 25.1 Å². The number of carbonyl (C=O) groups is 2. The molecule has 0 spiro atoms. The number of ether oxygens (including phenoxy) is 1. The molecule has 0 amide bonds. The maximum Gasteiger partial charge on any atom is 0.310 e. The molecule has 0 unspecified atom stereocenters. The molecule has 1 aliphatic carbocycles. The van der Waals surface area contributed by atoms with E-state index in [0.29, 0.717) is 57.9 Å². The largest absolute Gasteiger partial charge is 0.466 e. The molecule has 7 nitrogen and oxygen atoms in total. The lowest BCUT2D eigenvalue weighted by Crippen LogP contribution is -2.39. The second kappa shape index (κ2) is 8.78. The number of nitrogens with one attached hydrogen (secondary N) is 1. The van der Waals surface area contributed by atoms with Gasteiger partial charge in [0.15, 0.2) is 11.5 Å². The molecule has 1 N–H and O–H groups in total. The summed E-state index contributed by atoms with van der Waals surface area (Å²) in [5.74, 6) is -0.388. The number of esters is 1. The van der Waals surface area contributed by atoms with Crippen molar-refractivity contribution < 1.29 is 23.2 Å². The Kier molecular flexibility index (Phi) is 5.44. The average molecular weight is 486 g/mol. The number of carbonyl (C=O) groups excluding carboxylic acids is 2. The van der Waals surface area contributed by atoms with Crippen LogP contribution < -0.4 is 10.2 Å². The molecule has 1 atom stereocenters. The Balaban J connectivity index is 1.52. The van der Waals surface area contributed by atoms with Gasteiger partial charge in [0.05, 0.1) is 34.8 Å². The number of piperidine rings is 1. The molecular formula is C28H24FN3O4. The van der Waals surface area contributed by atoms with E-state index in [2.05, 4.69) is 15.4 Å². The summed E-state index contributed by atoms with van der Waals surface area (Å²) in [5.41, 5.74) is 4.28. The average Bonchev–Trinajstić information content (AvgIpc) is 3.34. The van der Waals surface area contributed by atoms with Crippen LogP contribution in [-0.4, -0.2) is 36.6 Å². The summed E-state index contributed by atoms with van der Waals surface area (Å²) in [6, 6.07) is 15.2. The molecule has 8 heteroatoms. The molecule has 1 fully saturated rings. The SMILES string of the molecule is CCOC(=O)[C@H]1CCCN(c2cc(Nc3ccc(F)cc3)c3c4c(onc24)-c2ccccc2C3=O)C1. The Morgan fingerprint density at radius 1 is 1.19 bits per heavy atom. The van der Waals surface area contributed by atoms with E-state index in [1.807, 2.05) is 24.3 Å². The lowest BCUT2D eigenvalue weighted by molar-refractivity contribution is -0.148. The van der Waals surface area contributed by atoms with Crippen LogP contribution in [0, 0.1) is 11.7 Å². The number of halogens is 1. The van der Waals surface area contributed by atoms with Gasteiger partial charge >= 0.3 is 5.97 Å². The third-order valence-electron chi connectivity index (χ3n) is 6.88. The van der Waals surface area contributed by atoms with Gasteiger partial charge in [-0.05, 0) is 50.1 Å². The van der Waals surface area contributed by atoms with Crippen molar-refractivity contribution in [1.29, 1.82) is 0 Å². The number of hydrogen-bond donors (Lipinski definition) is 1. The fourth-order valence-corrected chi connectivity index (χ4v) is 5.22. The molecular weight excluding hydrogens is 461 g/mol. The van der Waals surface area contributed by atoms with E-state index in [9.17, 15) is 14.0 Å². The Bertz CT molecular complexity index is 1490. The summed E-state index contributed by atoms with van der Waals surface area (Å²) in [6.07, 6.45) is 1.58. The van der Waals surface area contributed by atoms with Crippen molar-refractivity contribution in [3.63, 3.8) is 0 Å². The molecule has 1 aliphatic heterocycles. The highest BCUT2D eigenvalue weighted by molar-refractivity contribution is 6.28. The van der Waals surface area contributed by atoms with Crippen LogP contribution in [0.25, 0.3) is 22.2 Å². The summed E-state index contributed by atoms with van der Waals surface area (Å²) >= 11 is 0. The first-order chi connectivity index (χ1) is 17.5. The zero-order valence-corrected chi connectivity index (χ0v) is 19.7. The second-order valence-corrected chi connectivity index (χ2v) is 9.10. The molecule has 36 heavy (non-hydrogen) atoms. The van der Waals surface area contributed by atoms with E-state index in [0.717, 1.165) is 25.1 Å². The van der Waals surface area contributed by atoms with Crippen LogP contribution in [0.4, 0.5) is 21.5 Å². The third kappa shape index (κ3) is 3.61. The Morgan fingerprint density at radius 2 is 1.97 bits per heavy atom. The van der Waals surface area contributed by atoms with Crippen molar-refractivity contribution in [2.24, 2.45) is 5.92 Å². The molecule has 1 aromatic heterocycles. The quantitative estimate of drug-likeness (QED) is 0.320. The lowest BCUT2D eigenvalue weighted by atomic mass is 9.86. The van der Waals surface area contributed by atoms with Crippen LogP contribution in [0.2, 0.25) is 0 Å². The maximum atomic E-state index is 13.7. The molecule has 1 saturated heterocycles. The monoisotopic (exact) mass is 485 g/mol. The van der Waals surface area contributed by atoms with Crippen LogP contribution in [0.5, 0.6) is 0 Å². The second-order valence-electron chi connectivity index (χ2n) is 9.10. The minimum absolute atomic E-state index is 0.134. The number of aromatic nitrogens is 1. The van der Waals surface area contributed by atoms with Gasteiger partial charge in [-0.25, -0.2) is 4.39 Å². The zero-order valence-electron chi connectivity index (χ0n) is 19.7. The summed E-state index contributed by atoms with van der Waals surface area (Å²) in [6.45, 7) is 3.36. The van der Waals surface area contributed by atoms with Crippen molar-refractivity contribution in [2.45, 2.75) is 19.8 Å². The molecule has 2 aliphatic rings. The predicted molar refractivity (Wildman–Crippen MR) is 134 cm³/mol. The molecule has 182 valence electrons. The molecule has 6 rings (SSSR count). The van der Waals surface area contributed by atoms with E-state index >= 15 is 0 Å². The first kappa shape index (κ1) is 22.3. The number of hydrogen-bond acceptors (Lipinski definition) is 7. The van der Waals surface area contributed by atoms with Crippen LogP contribution in [0.3, 0.4) is 0 Å². The fourth-order valence-electron chi connectivity index (χ4n) is 5.22. The first-order valence-corrected chi connectivity index (χ1v) is 12.1. The van der Waals surface area contributed by atoms with Gasteiger partial charge in [0.2, 0.25) is 0 Å². The normalized spacial score (nSPS) is 16.7. The van der Waals surface area contributed by atoms with Crippen molar-refractivity contribution in [3.8, 4) is 11.3 Å². The summed E-state index contributed by atoms with van der Waals surface area (Å²) in [4.78, 5) is 28.3. The topological polar surface area (TPSA) is 84.7 Å². The Morgan fingerprint density at radius 3 is 2.75 bits per heavy atom. The number of fused-ring (bicyclic) bond motifs is 2. The van der Waals surface area contributed by atoms with E-state index in [1.165, 1.54) is 12.1 Å². The smallest absolute Gasteiger partial charge is 0.310 e. The van der Waals surface area contributed by atoms with Crippen LogP contribution in [0.15, 0.2) is 59.1 Å². The van der Waals surface area contributed by atoms with E-state index in [-0.39, 0.29) is 23.5 Å². The molecule has 4 aromatic rings. The lowest BCUT2D eigenvalue weighted by Gasteiger charge is -2.34. The fraction of sp³-hybridized carbons (Fsp3) is 0.250. The van der Waals surface area contributed by atoms with Gasteiger partial charge < -0.3 is 19.5 Å². The minimum Gasteiger partial charge on any atom is -0.466 e. The number of benzene rings is 3. The summed E-state index contributed by atoms with van der Waals surface area (Å²) in [5, 5.41) is 8.35. The Hall–Kier alpha value is -4.20. The highest BCUT2D eigenvalue weighted by Crippen LogP contribution is 2.46. The van der Waals surface area contributed by atoms with E-state index in [4.69, 9.17) is 9.26 Å². The molecule has 3 aromatic carbocycles. The minimum atomic E-state index is -0.345. The van der Waals surface area contributed by atoms with Gasteiger partial charge in [0.25, 0.3) is 0 Å². The van der Waals surface area contributed by atoms with Crippen molar-refractivity contribution >= 4 is 39.7 Å². The maximum absolute atomic E-state index is 13.7. The summed E-state index contributed by atoms with van der Waals surface area (Å²) in [7, 11) is 0. The third-order valence-corrected chi connectivity index (χ3v) is 6.88. The molecule has 2 heterocycles. The van der Waals surface area contributed by atoms with Crippen LogP contribution >= 0.6 is 0 Å². The van der Waals surface area contributed by atoms with Crippen LogP contribution in [0.1, 0.15) is 35.7 Å².